The second-order valence-corrected chi connectivity index (χ2v) is 8.57. The summed E-state index contributed by atoms with van der Waals surface area (Å²) in [6.07, 6.45) is 6.47. The predicted molar refractivity (Wildman–Crippen MR) is 98.6 cm³/mol. The van der Waals surface area contributed by atoms with Crippen molar-refractivity contribution >= 4 is 11.8 Å². The van der Waals surface area contributed by atoms with Gasteiger partial charge in [-0.2, -0.15) is 0 Å². The molecule has 6 heteroatoms. The van der Waals surface area contributed by atoms with Crippen LogP contribution >= 0.6 is 0 Å². The van der Waals surface area contributed by atoms with Crippen molar-refractivity contribution in [2.45, 2.75) is 57.5 Å². The molecule has 0 spiro atoms. The summed E-state index contributed by atoms with van der Waals surface area (Å²) in [7, 11) is 0. The van der Waals surface area contributed by atoms with E-state index < -0.39 is 0 Å². The van der Waals surface area contributed by atoms with Crippen molar-refractivity contribution < 1.29 is 14.3 Å². The molecule has 0 aromatic heterocycles. The number of amides is 2. The average Bonchev–Trinajstić information content (AvgIpc) is 2.67. The summed E-state index contributed by atoms with van der Waals surface area (Å²) in [6, 6.07) is 1.09. The van der Waals surface area contributed by atoms with Crippen LogP contribution in [-0.4, -0.2) is 84.5 Å². The third-order valence-corrected chi connectivity index (χ3v) is 6.97. The van der Waals surface area contributed by atoms with Crippen LogP contribution in [0.2, 0.25) is 0 Å². The number of ether oxygens (including phenoxy) is 1. The fraction of sp³-hybridized carbons (Fsp3) is 0.900. The minimum atomic E-state index is 0.136. The first-order chi connectivity index (χ1) is 12.7. The van der Waals surface area contributed by atoms with Gasteiger partial charge in [-0.15, -0.1) is 0 Å². The Bertz CT molecular complexity index is 532. The van der Waals surface area contributed by atoms with Crippen LogP contribution in [0.5, 0.6) is 0 Å². The Balaban J connectivity index is 1.32. The summed E-state index contributed by atoms with van der Waals surface area (Å²) in [5.41, 5.74) is 0. The van der Waals surface area contributed by atoms with E-state index in [0.717, 1.165) is 58.4 Å². The summed E-state index contributed by atoms with van der Waals surface area (Å²) < 4.78 is 5.27. The SMILES string of the molecule is CCOCC(=O)N1CCC(N2C[C@H]3C[C@H](C2)[C@H]2CCCC(=O)N2C3)CC1. The van der Waals surface area contributed by atoms with Crippen LogP contribution in [0.4, 0.5) is 0 Å². The van der Waals surface area contributed by atoms with E-state index in [2.05, 4.69) is 9.80 Å². The van der Waals surface area contributed by atoms with Crippen molar-refractivity contribution in [2.24, 2.45) is 11.8 Å². The van der Waals surface area contributed by atoms with Crippen molar-refractivity contribution in [1.29, 1.82) is 0 Å². The van der Waals surface area contributed by atoms with Crippen molar-refractivity contribution in [3.8, 4) is 0 Å². The molecule has 0 N–H and O–H groups in total. The zero-order valence-electron chi connectivity index (χ0n) is 16.1. The lowest BCUT2D eigenvalue weighted by molar-refractivity contribution is -0.146. The van der Waals surface area contributed by atoms with Crippen LogP contribution < -0.4 is 0 Å². The van der Waals surface area contributed by atoms with Crippen molar-refractivity contribution in [1.82, 2.24) is 14.7 Å². The van der Waals surface area contributed by atoms with Gasteiger partial charge < -0.3 is 14.5 Å². The Morgan fingerprint density at radius 1 is 1.15 bits per heavy atom. The topological polar surface area (TPSA) is 53.1 Å². The van der Waals surface area contributed by atoms with E-state index in [9.17, 15) is 9.59 Å². The molecule has 2 bridgehead atoms. The Morgan fingerprint density at radius 2 is 1.96 bits per heavy atom. The summed E-state index contributed by atoms with van der Waals surface area (Å²) in [5, 5.41) is 0. The highest BCUT2D eigenvalue weighted by atomic mass is 16.5. The Morgan fingerprint density at radius 3 is 2.73 bits per heavy atom. The number of nitrogens with zero attached hydrogens (tertiary/aromatic N) is 3. The van der Waals surface area contributed by atoms with Gasteiger partial charge in [0.05, 0.1) is 0 Å². The maximum Gasteiger partial charge on any atom is 0.248 e. The number of likely N-dealkylation sites (tertiary alicyclic amines) is 2. The molecule has 4 fully saturated rings. The highest BCUT2D eigenvalue weighted by Crippen LogP contribution is 2.39. The number of piperidine rings is 4. The van der Waals surface area contributed by atoms with Gasteiger partial charge in [0.25, 0.3) is 0 Å². The molecule has 4 aliphatic rings. The third kappa shape index (κ3) is 3.63. The van der Waals surface area contributed by atoms with E-state index in [1.165, 1.54) is 12.8 Å². The maximum atomic E-state index is 12.3. The van der Waals surface area contributed by atoms with Crippen LogP contribution in [0.25, 0.3) is 0 Å². The zero-order chi connectivity index (χ0) is 18.1. The molecule has 0 saturated carbocycles. The van der Waals surface area contributed by atoms with Gasteiger partial charge in [-0.3, -0.25) is 14.5 Å². The van der Waals surface area contributed by atoms with E-state index >= 15 is 0 Å². The molecule has 4 saturated heterocycles. The van der Waals surface area contributed by atoms with Gasteiger partial charge in [0.1, 0.15) is 6.61 Å². The lowest BCUT2D eigenvalue weighted by Gasteiger charge is -2.54. The van der Waals surface area contributed by atoms with Gasteiger partial charge in [-0.1, -0.05) is 0 Å². The largest absolute Gasteiger partial charge is 0.372 e. The van der Waals surface area contributed by atoms with E-state index in [1.807, 2.05) is 11.8 Å². The lowest BCUT2D eigenvalue weighted by atomic mass is 9.75. The molecule has 0 aromatic rings. The maximum absolute atomic E-state index is 12.3. The molecule has 146 valence electrons. The van der Waals surface area contributed by atoms with Gasteiger partial charge in [0.15, 0.2) is 0 Å². The molecule has 0 unspecified atom stereocenters. The molecule has 4 rings (SSSR count). The average molecular weight is 364 g/mol. The molecule has 3 atom stereocenters. The van der Waals surface area contributed by atoms with E-state index in [0.29, 0.717) is 36.4 Å². The van der Waals surface area contributed by atoms with Crippen molar-refractivity contribution in [3.63, 3.8) is 0 Å². The fourth-order valence-electron chi connectivity index (χ4n) is 5.71. The van der Waals surface area contributed by atoms with Gasteiger partial charge in [-0.05, 0) is 50.9 Å². The van der Waals surface area contributed by atoms with Crippen LogP contribution in [0.3, 0.4) is 0 Å². The molecule has 6 nitrogen and oxygen atoms in total. The first-order valence-electron chi connectivity index (χ1n) is 10.5. The molecular weight excluding hydrogens is 330 g/mol. The second-order valence-electron chi connectivity index (χ2n) is 8.57. The summed E-state index contributed by atoms with van der Waals surface area (Å²) >= 11 is 0. The standard InChI is InChI=1S/C20H33N3O3/c1-2-26-14-20(25)21-8-6-17(7-9-21)22-11-15-10-16(13-22)18-4-3-5-19(24)23(18)12-15/h15-18H,2-14H2,1H3/t15-,16-,18-/m1/s1. The van der Waals surface area contributed by atoms with E-state index in [-0.39, 0.29) is 12.5 Å². The number of carbonyl (C=O) groups is 2. The number of hydrogen-bond donors (Lipinski definition) is 0. The minimum Gasteiger partial charge on any atom is -0.372 e. The van der Waals surface area contributed by atoms with Gasteiger partial charge in [-0.25, -0.2) is 0 Å². The lowest BCUT2D eigenvalue weighted by Crippen LogP contribution is -2.62. The highest BCUT2D eigenvalue weighted by Gasteiger charge is 2.45. The predicted octanol–water partition coefficient (Wildman–Crippen LogP) is 1.35. The molecule has 2 amide bonds. The van der Waals surface area contributed by atoms with Crippen molar-refractivity contribution in [3.05, 3.63) is 0 Å². The van der Waals surface area contributed by atoms with Crippen LogP contribution in [0.15, 0.2) is 0 Å². The Hall–Kier alpha value is -1.14. The molecule has 0 radical (unpaired) electrons. The molecule has 26 heavy (non-hydrogen) atoms. The molecule has 0 aromatic carbocycles. The van der Waals surface area contributed by atoms with E-state index in [4.69, 9.17) is 4.74 Å². The zero-order valence-corrected chi connectivity index (χ0v) is 16.1. The van der Waals surface area contributed by atoms with Crippen molar-refractivity contribution in [2.75, 3.05) is 45.9 Å². The smallest absolute Gasteiger partial charge is 0.248 e. The second kappa shape index (κ2) is 7.85. The number of fused-ring (bicyclic) bond motifs is 4. The first kappa shape index (κ1) is 18.2. The van der Waals surface area contributed by atoms with Crippen LogP contribution in [0, 0.1) is 11.8 Å². The fourth-order valence-corrected chi connectivity index (χ4v) is 5.71. The molecule has 4 heterocycles. The van der Waals surface area contributed by atoms with Gasteiger partial charge >= 0.3 is 0 Å². The normalized spacial score (nSPS) is 33.3. The number of carbonyl (C=O) groups excluding carboxylic acids is 2. The summed E-state index contributed by atoms with van der Waals surface area (Å²) in [5.74, 6) is 1.83. The van der Waals surface area contributed by atoms with Crippen LogP contribution in [-0.2, 0) is 14.3 Å². The van der Waals surface area contributed by atoms with Gasteiger partial charge in [0, 0.05) is 57.8 Å². The summed E-state index contributed by atoms with van der Waals surface area (Å²) in [4.78, 5) is 31.3. The van der Waals surface area contributed by atoms with Crippen LogP contribution in [0.1, 0.15) is 45.4 Å². The quantitative estimate of drug-likeness (QED) is 0.757. The molecule has 4 aliphatic heterocycles. The monoisotopic (exact) mass is 363 g/mol. The minimum absolute atomic E-state index is 0.136. The Kier molecular flexibility index (Phi) is 5.50. The third-order valence-electron chi connectivity index (χ3n) is 6.97. The number of rotatable bonds is 4. The molecule has 0 aliphatic carbocycles. The highest BCUT2D eigenvalue weighted by molar-refractivity contribution is 5.78. The van der Waals surface area contributed by atoms with Gasteiger partial charge in [0.2, 0.25) is 11.8 Å². The number of hydrogen-bond acceptors (Lipinski definition) is 4. The summed E-state index contributed by atoms with van der Waals surface area (Å²) in [6.45, 7) is 7.70. The first-order valence-corrected chi connectivity index (χ1v) is 10.5. The Labute approximate surface area is 156 Å². The molecular formula is C20H33N3O3. The van der Waals surface area contributed by atoms with E-state index in [1.54, 1.807) is 0 Å².